The number of aryl methyl sites for hydroxylation is 1. The number of benzene rings is 1. The van der Waals surface area contributed by atoms with Crippen molar-refractivity contribution in [1.29, 1.82) is 0 Å². The third-order valence-electron chi connectivity index (χ3n) is 3.07. The van der Waals surface area contributed by atoms with Gasteiger partial charge >= 0.3 is 0 Å². The minimum absolute atomic E-state index is 0.160. The van der Waals surface area contributed by atoms with Gasteiger partial charge in [-0.2, -0.15) is 0 Å². The maximum atomic E-state index is 11.9. The van der Waals surface area contributed by atoms with Crippen molar-refractivity contribution < 1.29 is 9.90 Å². The summed E-state index contributed by atoms with van der Waals surface area (Å²) >= 11 is 0. The highest BCUT2D eigenvalue weighted by Crippen LogP contribution is 2.25. The molecule has 1 aromatic carbocycles. The molecule has 1 aliphatic rings. The number of nitrogens with zero attached hydrogens (tertiary/aromatic N) is 1. The third-order valence-corrected chi connectivity index (χ3v) is 3.07. The largest absolute Gasteiger partial charge is 0.383 e. The first-order valence-electron chi connectivity index (χ1n) is 5.81. The molecule has 1 unspecified atom stereocenters. The predicted molar refractivity (Wildman–Crippen MR) is 63.4 cm³/mol. The molecule has 1 fully saturated rings. The van der Waals surface area contributed by atoms with Gasteiger partial charge in [0.2, 0.25) is 0 Å². The molecule has 0 saturated carbocycles. The van der Waals surface area contributed by atoms with E-state index >= 15 is 0 Å². The van der Waals surface area contributed by atoms with Crippen molar-refractivity contribution in [1.82, 2.24) is 0 Å². The summed E-state index contributed by atoms with van der Waals surface area (Å²) in [6.45, 7) is 2.79. The van der Waals surface area contributed by atoms with Crippen LogP contribution in [0.2, 0.25) is 0 Å². The number of carbonyl (C=O) groups excluding carboxylic acids is 1. The summed E-state index contributed by atoms with van der Waals surface area (Å²) in [4.78, 5) is 13.6. The SMILES string of the molecule is CCc1ccccc1N1CCCC(O)C1=O. The van der Waals surface area contributed by atoms with Gasteiger partial charge in [-0.15, -0.1) is 0 Å². The van der Waals surface area contributed by atoms with E-state index in [1.807, 2.05) is 24.3 Å². The van der Waals surface area contributed by atoms with Crippen LogP contribution in [0, 0.1) is 0 Å². The molecular weight excluding hydrogens is 202 g/mol. The normalized spacial score (nSPS) is 21.2. The van der Waals surface area contributed by atoms with E-state index in [4.69, 9.17) is 0 Å². The number of aliphatic hydroxyl groups excluding tert-OH is 1. The molecular formula is C13H17NO2. The number of hydrogen-bond donors (Lipinski definition) is 1. The van der Waals surface area contributed by atoms with Gasteiger partial charge < -0.3 is 10.0 Å². The van der Waals surface area contributed by atoms with Gasteiger partial charge in [-0.1, -0.05) is 25.1 Å². The molecule has 1 saturated heterocycles. The molecule has 3 nitrogen and oxygen atoms in total. The molecule has 0 spiro atoms. The first-order valence-corrected chi connectivity index (χ1v) is 5.81. The van der Waals surface area contributed by atoms with Crippen LogP contribution in [0.25, 0.3) is 0 Å². The highest BCUT2D eigenvalue weighted by atomic mass is 16.3. The molecule has 1 heterocycles. The van der Waals surface area contributed by atoms with Crippen molar-refractivity contribution in [3.8, 4) is 0 Å². The molecule has 86 valence electrons. The number of para-hydroxylation sites is 1. The highest BCUT2D eigenvalue weighted by molar-refractivity contribution is 5.97. The molecule has 0 radical (unpaired) electrons. The first-order chi connectivity index (χ1) is 7.74. The van der Waals surface area contributed by atoms with E-state index in [1.165, 1.54) is 0 Å². The molecule has 1 aliphatic heterocycles. The van der Waals surface area contributed by atoms with E-state index in [2.05, 4.69) is 6.92 Å². The standard InChI is InChI=1S/C13H17NO2/c1-2-10-6-3-4-7-11(10)14-9-5-8-12(15)13(14)16/h3-4,6-7,12,15H,2,5,8-9H2,1H3. The summed E-state index contributed by atoms with van der Waals surface area (Å²) < 4.78 is 0. The molecule has 1 atom stereocenters. The van der Waals surface area contributed by atoms with Crippen LogP contribution in [0.3, 0.4) is 0 Å². The number of piperidine rings is 1. The van der Waals surface area contributed by atoms with Crippen LogP contribution in [0.15, 0.2) is 24.3 Å². The number of hydrogen-bond acceptors (Lipinski definition) is 2. The lowest BCUT2D eigenvalue weighted by atomic mass is 10.0. The minimum Gasteiger partial charge on any atom is -0.383 e. The molecule has 1 N–H and O–H groups in total. The summed E-state index contributed by atoms with van der Waals surface area (Å²) in [5.41, 5.74) is 2.11. The molecule has 2 rings (SSSR count). The number of anilines is 1. The van der Waals surface area contributed by atoms with E-state index in [0.29, 0.717) is 13.0 Å². The zero-order valence-electron chi connectivity index (χ0n) is 9.52. The van der Waals surface area contributed by atoms with E-state index < -0.39 is 6.10 Å². The van der Waals surface area contributed by atoms with Crippen molar-refractivity contribution in [3.05, 3.63) is 29.8 Å². The Morgan fingerprint density at radius 1 is 1.44 bits per heavy atom. The van der Waals surface area contributed by atoms with Gasteiger partial charge in [0, 0.05) is 12.2 Å². The molecule has 0 aromatic heterocycles. The second kappa shape index (κ2) is 4.66. The van der Waals surface area contributed by atoms with Gasteiger partial charge in [-0.3, -0.25) is 4.79 Å². The fourth-order valence-corrected chi connectivity index (χ4v) is 2.17. The second-order valence-corrected chi connectivity index (χ2v) is 4.13. The average molecular weight is 219 g/mol. The van der Waals surface area contributed by atoms with Crippen molar-refractivity contribution >= 4 is 11.6 Å². The van der Waals surface area contributed by atoms with Crippen LogP contribution in [-0.4, -0.2) is 23.7 Å². The monoisotopic (exact) mass is 219 g/mol. The Hall–Kier alpha value is -1.35. The number of aliphatic hydroxyl groups is 1. The Balaban J connectivity index is 2.32. The van der Waals surface area contributed by atoms with Crippen LogP contribution in [-0.2, 0) is 11.2 Å². The molecule has 1 aromatic rings. The van der Waals surface area contributed by atoms with Crippen LogP contribution >= 0.6 is 0 Å². The fourth-order valence-electron chi connectivity index (χ4n) is 2.17. The smallest absolute Gasteiger partial charge is 0.255 e. The quantitative estimate of drug-likeness (QED) is 0.823. The van der Waals surface area contributed by atoms with E-state index in [9.17, 15) is 9.90 Å². The molecule has 0 aliphatic carbocycles. The predicted octanol–water partition coefficient (Wildman–Crippen LogP) is 1.74. The summed E-state index contributed by atoms with van der Waals surface area (Å²) in [7, 11) is 0. The topological polar surface area (TPSA) is 40.5 Å². The Morgan fingerprint density at radius 2 is 2.19 bits per heavy atom. The molecule has 0 bridgehead atoms. The molecule has 3 heteroatoms. The third kappa shape index (κ3) is 1.95. The zero-order chi connectivity index (χ0) is 11.5. The van der Waals surface area contributed by atoms with E-state index in [1.54, 1.807) is 4.90 Å². The van der Waals surface area contributed by atoms with Gasteiger partial charge in [0.15, 0.2) is 0 Å². The Labute approximate surface area is 95.7 Å². The second-order valence-electron chi connectivity index (χ2n) is 4.13. The van der Waals surface area contributed by atoms with Crippen molar-refractivity contribution in [2.24, 2.45) is 0 Å². The van der Waals surface area contributed by atoms with Gasteiger partial charge in [0.1, 0.15) is 6.10 Å². The van der Waals surface area contributed by atoms with Gasteiger partial charge in [0.25, 0.3) is 5.91 Å². The lowest BCUT2D eigenvalue weighted by molar-refractivity contribution is -0.128. The van der Waals surface area contributed by atoms with Gasteiger partial charge in [-0.05, 0) is 30.9 Å². The van der Waals surface area contributed by atoms with E-state index in [-0.39, 0.29) is 5.91 Å². The molecule has 16 heavy (non-hydrogen) atoms. The summed E-state index contributed by atoms with van der Waals surface area (Å²) in [6, 6.07) is 7.90. The average Bonchev–Trinajstić information content (AvgIpc) is 2.33. The lowest BCUT2D eigenvalue weighted by Crippen LogP contribution is -2.44. The van der Waals surface area contributed by atoms with Crippen LogP contribution in [0.4, 0.5) is 5.69 Å². The Morgan fingerprint density at radius 3 is 2.94 bits per heavy atom. The first kappa shape index (κ1) is 11.1. The van der Waals surface area contributed by atoms with Crippen LogP contribution < -0.4 is 4.90 Å². The maximum Gasteiger partial charge on any atom is 0.255 e. The van der Waals surface area contributed by atoms with Crippen LogP contribution in [0.1, 0.15) is 25.3 Å². The highest BCUT2D eigenvalue weighted by Gasteiger charge is 2.28. The lowest BCUT2D eigenvalue weighted by Gasteiger charge is -2.31. The molecule has 1 amide bonds. The number of amides is 1. The fraction of sp³-hybridized carbons (Fsp3) is 0.462. The van der Waals surface area contributed by atoms with Crippen LogP contribution in [0.5, 0.6) is 0 Å². The Kier molecular flexibility index (Phi) is 3.25. The van der Waals surface area contributed by atoms with Gasteiger partial charge in [0.05, 0.1) is 0 Å². The van der Waals surface area contributed by atoms with Gasteiger partial charge in [-0.25, -0.2) is 0 Å². The van der Waals surface area contributed by atoms with E-state index in [0.717, 1.165) is 24.1 Å². The Bertz CT molecular complexity index is 389. The number of carbonyl (C=O) groups is 1. The summed E-state index contributed by atoms with van der Waals surface area (Å²) in [6.07, 6.45) is 1.53. The maximum absolute atomic E-state index is 11.9. The van der Waals surface area contributed by atoms with Crippen molar-refractivity contribution in [2.75, 3.05) is 11.4 Å². The summed E-state index contributed by atoms with van der Waals surface area (Å²) in [5.74, 6) is -0.160. The number of rotatable bonds is 2. The van der Waals surface area contributed by atoms with Crippen molar-refractivity contribution in [3.63, 3.8) is 0 Å². The minimum atomic E-state index is -0.821. The zero-order valence-corrected chi connectivity index (χ0v) is 9.52. The van der Waals surface area contributed by atoms with Crippen molar-refractivity contribution in [2.45, 2.75) is 32.3 Å². The summed E-state index contributed by atoms with van der Waals surface area (Å²) in [5, 5.41) is 9.58.